The highest BCUT2D eigenvalue weighted by Gasteiger charge is 2.36. The Kier molecular flexibility index (Phi) is 13.5. The predicted octanol–water partition coefficient (Wildman–Crippen LogP) is 5.96. The van der Waals surface area contributed by atoms with Crippen LogP contribution in [0.5, 0.6) is 0 Å². The number of hydrogen-bond acceptors (Lipinski definition) is 5. The summed E-state index contributed by atoms with van der Waals surface area (Å²) >= 11 is 4.36. The molecule has 7 nitrogen and oxygen atoms in total. The number of rotatable bonds is 13. The molecule has 0 aliphatic rings. The van der Waals surface area contributed by atoms with Crippen LogP contribution in [0.4, 0.5) is 4.79 Å². The van der Waals surface area contributed by atoms with Crippen LogP contribution < -0.4 is 10.6 Å². The van der Waals surface area contributed by atoms with Gasteiger partial charge in [-0.3, -0.25) is 9.59 Å². The number of carbonyl (C=O) groups excluding carboxylic acids is 3. The molecule has 0 saturated carbocycles. The van der Waals surface area contributed by atoms with E-state index in [1.54, 1.807) is 25.7 Å². The van der Waals surface area contributed by atoms with Gasteiger partial charge in [-0.2, -0.15) is 12.6 Å². The Bertz CT molecular complexity index is 877. The minimum Gasteiger partial charge on any atom is -0.444 e. The van der Waals surface area contributed by atoms with Crippen molar-refractivity contribution < 1.29 is 19.1 Å². The van der Waals surface area contributed by atoms with Gasteiger partial charge in [0.1, 0.15) is 17.7 Å². The normalized spacial score (nSPS) is 13.4. The Morgan fingerprint density at radius 1 is 1.00 bits per heavy atom. The lowest BCUT2D eigenvalue weighted by atomic mass is 9.98. The number of nitrogens with zero attached hydrogens (tertiary/aromatic N) is 1. The summed E-state index contributed by atoms with van der Waals surface area (Å²) in [4.78, 5) is 41.7. The Morgan fingerprint density at radius 2 is 1.62 bits per heavy atom. The van der Waals surface area contributed by atoms with Gasteiger partial charge in [-0.05, 0) is 60.5 Å². The van der Waals surface area contributed by atoms with Crippen LogP contribution in [0.2, 0.25) is 0 Å². The van der Waals surface area contributed by atoms with Crippen LogP contribution in [0.15, 0.2) is 24.3 Å². The highest BCUT2D eigenvalue weighted by molar-refractivity contribution is 7.80. The van der Waals surface area contributed by atoms with Gasteiger partial charge in [-0.1, -0.05) is 68.9 Å². The molecule has 0 fully saturated rings. The van der Waals surface area contributed by atoms with E-state index in [0.29, 0.717) is 6.54 Å². The topological polar surface area (TPSA) is 87.7 Å². The molecule has 2 N–H and O–H groups in total. The summed E-state index contributed by atoms with van der Waals surface area (Å²) in [6, 6.07) is 5.88. The molecule has 0 spiro atoms. The average Bonchev–Trinajstić information content (AvgIpc) is 2.76. The zero-order valence-corrected chi connectivity index (χ0v) is 25.0. The molecule has 0 radical (unpaired) electrons. The number of alkyl carbamates (subject to hydrolysis) is 1. The lowest BCUT2D eigenvalue weighted by molar-refractivity contribution is -0.142. The fraction of sp³-hybridized carbons (Fsp3) is 0.690. The van der Waals surface area contributed by atoms with E-state index >= 15 is 0 Å². The standard InChI is InChI=1S/C29H49N3O4S/c1-9-10-11-12-13-14-18-32(26(34)23(20-37)30-27(35)36-29(6,7)8)24(25(33)31-28(3,4)5)22-17-15-16-21(2)19-22/h15-17,19,23-24,37H,9-14,18,20H2,1-8H3,(H,30,35)(H,31,33). The second-order valence-corrected chi connectivity index (χ2v) is 12.1. The molecule has 2 unspecified atom stereocenters. The van der Waals surface area contributed by atoms with Gasteiger partial charge in [-0.25, -0.2) is 4.79 Å². The van der Waals surface area contributed by atoms with Gasteiger partial charge >= 0.3 is 6.09 Å². The van der Waals surface area contributed by atoms with E-state index in [0.717, 1.165) is 43.2 Å². The number of carbonyl (C=O) groups is 3. The van der Waals surface area contributed by atoms with Crippen LogP contribution in [-0.4, -0.2) is 52.3 Å². The molecule has 2 atom stereocenters. The highest BCUT2D eigenvalue weighted by atomic mass is 32.1. The molecule has 0 aliphatic heterocycles. The Balaban J connectivity index is 3.36. The van der Waals surface area contributed by atoms with Crippen molar-refractivity contribution in [2.45, 2.75) is 117 Å². The zero-order chi connectivity index (χ0) is 28.2. The summed E-state index contributed by atoms with van der Waals surface area (Å²) in [5, 5.41) is 5.72. The van der Waals surface area contributed by atoms with E-state index in [-0.39, 0.29) is 17.6 Å². The van der Waals surface area contributed by atoms with E-state index in [9.17, 15) is 14.4 Å². The van der Waals surface area contributed by atoms with Crippen molar-refractivity contribution >= 4 is 30.5 Å². The number of benzene rings is 1. The van der Waals surface area contributed by atoms with E-state index in [2.05, 4.69) is 30.2 Å². The number of hydrogen-bond donors (Lipinski definition) is 3. The maximum atomic E-state index is 13.9. The van der Waals surface area contributed by atoms with Crippen LogP contribution in [0.25, 0.3) is 0 Å². The van der Waals surface area contributed by atoms with Crippen LogP contribution in [0.3, 0.4) is 0 Å². The Labute approximate surface area is 229 Å². The molecule has 210 valence electrons. The van der Waals surface area contributed by atoms with Crippen molar-refractivity contribution in [3.8, 4) is 0 Å². The van der Waals surface area contributed by atoms with Crippen molar-refractivity contribution in [1.82, 2.24) is 15.5 Å². The van der Waals surface area contributed by atoms with Gasteiger partial charge in [0, 0.05) is 17.8 Å². The molecule has 0 bridgehead atoms. The third-order valence-corrected chi connectivity index (χ3v) is 5.99. The van der Waals surface area contributed by atoms with E-state index < -0.39 is 29.3 Å². The number of nitrogens with one attached hydrogen (secondary N) is 2. The largest absolute Gasteiger partial charge is 0.444 e. The van der Waals surface area contributed by atoms with Crippen LogP contribution in [0.1, 0.15) is 104 Å². The minimum atomic E-state index is -0.937. The van der Waals surface area contributed by atoms with Crippen molar-refractivity contribution in [3.63, 3.8) is 0 Å². The zero-order valence-electron chi connectivity index (χ0n) is 24.1. The van der Waals surface area contributed by atoms with Crippen LogP contribution in [0, 0.1) is 6.92 Å². The van der Waals surface area contributed by atoms with E-state index in [1.807, 2.05) is 52.0 Å². The molecule has 1 aromatic carbocycles. The van der Waals surface area contributed by atoms with Gasteiger partial charge < -0.3 is 20.3 Å². The third kappa shape index (κ3) is 12.7. The molecule has 3 amide bonds. The number of thiol groups is 1. The fourth-order valence-corrected chi connectivity index (χ4v) is 4.26. The molecule has 0 aromatic heterocycles. The first-order valence-electron chi connectivity index (χ1n) is 13.5. The lowest BCUT2D eigenvalue weighted by Crippen LogP contribution is -2.55. The molecule has 1 rings (SSSR count). The highest BCUT2D eigenvalue weighted by Crippen LogP contribution is 2.25. The number of unbranched alkanes of at least 4 members (excludes halogenated alkanes) is 5. The quantitative estimate of drug-likeness (QED) is 0.215. The minimum absolute atomic E-state index is 0.0759. The van der Waals surface area contributed by atoms with Gasteiger partial charge in [0.25, 0.3) is 0 Å². The Morgan fingerprint density at radius 3 is 2.16 bits per heavy atom. The van der Waals surface area contributed by atoms with Gasteiger partial charge in [0.05, 0.1) is 0 Å². The summed E-state index contributed by atoms with van der Waals surface area (Å²) in [7, 11) is 0. The van der Waals surface area contributed by atoms with Gasteiger partial charge in [0.15, 0.2) is 0 Å². The maximum absolute atomic E-state index is 13.9. The molecule has 0 heterocycles. The summed E-state index contributed by atoms with van der Waals surface area (Å²) in [6.45, 7) is 15.6. The number of aryl methyl sites for hydroxylation is 1. The molecule has 0 saturated heterocycles. The maximum Gasteiger partial charge on any atom is 0.408 e. The van der Waals surface area contributed by atoms with Gasteiger partial charge in [-0.15, -0.1) is 0 Å². The third-order valence-electron chi connectivity index (χ3n) is 5.62. The van der Waals surface area contributed by atoms with Gasteiger partial charge in [0.2, 0.25) is 11.8 Å². The lowest BCUT2D eigenvalue weighted by Gasteiger charge is -2.36. The van der Waals surface area contributed by atoms with Crippen molar-refractivity contribution in [3.05, 3.63) is 35.4 Å². The monoisotopic (exact) mass is 535 g/mol. The van der Waals surface area contributed by atoms with Crippen molar-refractivity contribution in [1.29, 1.82) is 0 Å². The molecule has 37 heavy (non-hydrogen) atoms. The summed E-state index contributed by atoms with van der Waals surface area (Å²) in [6.07, 6.45) is 5.59. The van der Waals surface area contributed by atoms with Crippen LogP contribution >= 0.6 is 12.6 Å². The second kappa shape index (κ2) is 15.3. The number of amides is 3. The molecular formula is C29H49N3O4S. The predicted molar refractivity (Wildman–Crippen MR) is 154 cm³/mol. The first-order chi connectivity index (χ1) is 17.2. The summed E-state index contributed by atoms with van der Waals surface area (Å²) in [5.74, 6) is -0.537. The summed E-state index contributed by atoms with van der Waals surface area (Å²) < 4.78 is 5.38. The van der Waals surface area contributed by atoms with Crippen LogP contribution in [-0.2, 0) is 14.3 Å². The second-order valence-electron chi connectivity index (χ2n) is 11.7. The first-order valence-corrected chi connectivity index (χ1v) is 14.1. The average molecular weight is 536 g/mol. The molecule has 0 aliphatic carbocycles. The molecular weight excluding hydrogens is 486 g/mol. The first kappa shape index (κ1) is 32.8. The van der Waals surface area contributed by atoms with Crippen molar-refractivity contribution in [2.24, 2.45) is 0 Å². The molecule has 1 aromatic rings. The smallest absolute Gasteiger partial charge is 0.408 e. The van der Waals surface area contributed by atoms with E-state index in [4.69, 9.17) is 4.74 Å². The summed E-state index contributed by atoms with van der Waals surface area (Å²) in [5.41, 5.74) is 0.543. The van der Waals surface area contributed by atoms with Crippen molar-refractivity contribution in [2.75, 3.05) is 12.3 Å². The Hall–Kier alpha value is -2.22. The SMILES string of the molecule is CCCCCCCCN(C(=O)C(CS)NC(=O)OC(C)(C)C)C(C(=O)NC(C)(C)C)c1cccc(C)c1. The molecule has 8 heteroatoms. The fourth-order valence-electron chi connectivity index (χ4n) is 4.02. The van der Waals surface area contributed by atoms with E-state index in [1.165, 1.54) is 6.42 Å². The number of ether oxygens (including phenoxy) is 1.